The third-order valence-corrected chi connectivity index (χ3v) is 6.84. The van der Waals surface area contributed by atoms with Crippen LogP contribution in [0.25, 0.3) is 11.0 Å². The number of carboxylic acid groups (broad SMARTS) is 1. The van der Waals surface area contributed by atoms with Gasteiger partial charge in [0.05, 0.1) is 19.5 Å². The predicted molar refractivity (Wildman–Crippen MR) is 128 cm³/mol. The first-order valence-corrected chi connectivity index (χ1v) is 11.4. The molecule has 0 bridgehead atoms. The fourth-order valence-electron chi connectivity index (χ4n) is 5.27. The SMILES string of the molecule is Cl.O=C(O)CC1CCCN1CC(=O)N1CCc2c(n(Cc3cccc(F)c3)c3ncccc23)C1. The number of benzene rings is 1. The van der Waals surface area contributed by atoms with Crippen LogP contribution in [0.2, 0.25) is 0 Å². The molecule has 1 amide bonds. The third-order valence-electron chi connectivity index (χ3n) is 6.84. The Hall–Kier alpha value is -2.97. The first kappa shape index (κ1) is 24.2. The molecule has 1 fully saturated rings. The van der Waals surface area contributed by atoms with Gasteiger partial charge < -0.3 is 14.6 Å². The van der Waals surface area contributed by atoms with Gasteiger partial charge in [0.25, 0.3) is 0 Å². The Morgan fingerprint density at radius 3 is 2.82 bits per heavy atom. The van der Waals surface area contributed by atoms with Crippen LogP contribution in [0.3, 0.4) is 0 Å². The number of aromatic nitrogens is 2. The Kier molecular flexibility index (Phi) is 7.19. The fraction of sp³-hybridized carbons (Fsp3) is 0.400. The largest absolute Gasteiger partial charge is 0.481 e. The van der Waals surface area contributed by atoms with Crippen LogP contribution in [-0.4, -0.2) is 62.0 Å². The summed E-state index contributed by atoms with van der Waals surface area (Å²) >= 11 is 0. The molecular formula is C25H28ClFN4O3. The van der Waals surface area contributed by atoms with Crippen molar-refractivity contribution in [3.63, 3.8) is 0 Å². The molecule has 0 saturated carbocycles. The second-order valence-electron chi connectivity index (χ2n) is 8.95. The maximum Gasteiger partial charge on any atom is 0.304 e. The zero-order valence-electron chi connectivity index (χ0n) is 18.8. The third kappa shape index (κ3) is 4.79. The maximum absolute atomic E-state index is 13.8. The number of pyridine rings is 1. The van der Waals surface area contributed by atoms with Crippen LogP contribution in [0.5, 0.6) is 0 Å². The van der Waals surface area contributed by atoms with Gasteiger partial charge in [0.15, 0.2) is 0 Å². The number of carbonyl (C=O) groups excluding carboxylic acids is 1. The van der Waals surface area contributed by atoms with E-state index in [1.807, 2.05) is 21.9 Å². The van der Waals surface area contributed by atoms with E-state index in [2.05, 4.69) is 15.6 Å². The second kappa shape index (κ2) is 10.1. The van der Waals surface area contributed by atoms with E-state index >= 15 is 0 Å². The van der Waals surface area contributed by atoms with Crippen LogP contribution in [0.4, 0.5) is 4.39 Å². The zero-order valence-corrected chi connectivity index (χ0v) is 19.6. The molecule has 2 aliphatic rings. The molecule has 4 heterocycles. The van der Waals surface area contributed by atoms with Crippen LogP contribution in [0, 0.1) is 5.82 Å². The van der Waals surface area contributed by atoms with E-state index in [9.17, 15) is 14.0 Å². The average Bonchev–Trinajstić information content (AvgIpc) is 3.35. The minimum atomic E-state index is -0.823. The maximum atomic E-state index is 13.8. The van der Waals surface area contributed by atoms with Crippen molar-refractivity contribution >= 4 is 35.3 Å². The van der Waals surface area contributed by atoms with Crippen molar-refractivity contribution in [2.45, 2.75) is 44.8 Å². The number of hydrogen-bond acceptors (Lipinski definition) is 4. The van der Waals surface area contributed by atoms with Gasteiger partial charge in [-0.3, -0.25) is 14.5 Å². The van der Waals surface area contributed by atoms with Gasteiger partial charge in [-0.2, -0.15) is 0 Å². The summed E-state index contributed by atoms with van der Waals surface area (Å²) in [4.78, 5) is 32.8. The molecule has 7 nitrogen and oxygen atoms in total. The van der Waals surface area contributed by atoms with Gasteiger partial charge >= 0.3 is 5.97 Å². The highest BCUT2D eigenvalue weighted by molar-refractivity contribution is 5.85. The van der Waals surface area contributed by atoms with Crippen LogP contribution < -0.4 is 0 Å². The molecule has 0 spiro atoms. The minimum Gasteiger partial charge on any atom is -0.481 e. The summed E-state index contributed by atoms with van der Waals surface area (Å²) in [6, 6.07) is 10.5. The highest BCUT2D eigenvalue weighted by Crippen LogP contribution is 2.31. The number of halogens is 2. The smallest absolute Gasteiger partial charge is 0.304 e. The number of likely N-dealkylation sites (tertiary alicyclic amines) is 1. The summed E-state index contributed by atoms with van der Waals surface area (Å²) in [7, 11) is 0. The molecule has 1 atom stereocenters. The van der Waals surface area contributed by atoms with Crippen molar-refractivity contribution in [1.29, 1.82) is 0 Å². The summed E-state index contributed by atoms with van der Waals surface area (Å²) in [5.41, 5.74) is 3.93. The number of fused-ring (bicyclic) bond motifs is 3. The molecule has 9 heteroatoms. The minimum absolute atomic E-state index is 0. The number of aliphatic carboxylic acids is 1. The standard InChI is InChI=1S/C25H27FN4O3.ClH/c26-18-5-1-4-17(12-18)14-30-22-15-29(11-8-20(22)21-7-2-9-27-25(21)30)23(31)16-28-10-3-6-19(28)13-24(32)33;/h1-2,4-5,7,9,12,19H,3,6,8,10-11,13-16H2,(H,32,33);1H. The zero-order chi connectivity index (χ0) is 22.9. The van der Waals surface area contributed by atoms with Gasteiger partial charge in [-0.1, -0.05) is 12.1 Å². The molecule has 1 unspecified atom stereocenters. The molecule has 5 rings (SSSR count). The summed E-state index contributed by atoms with van der Waals surface area (Å²) in [5.74, 6) is -1.08. The van der Waals surface area contributed by atoms with Crippen LogP contribution in [-0.2, 0) is 29.1 Å². The number of rotatable bonds is 6. The summed E-state index contributed by atoms with van der Waals surface area (Å²) in [6.45, 7) is 2.58. The molecule has 2 aromatic heterocycles. The van der Waals surface area contributed by atoms with E-state index in [4.69, 9.17) is 5.11 Å². The molecule has 1 N–H and O–H groups in total. The van der Waals surface area contributed by atoms with Gasteiger partial charge in [0.2, 0.25) is 5.91 Å². The first-order chi connectivity index (χ1) is 16.0. The number of carboxylic acids is 1. The summed E-state index contributed by atoms with van der Waals surface area (Å²) < 4.78 is 15.9. The molecule has 2 aliphatic heterocycles. The summed E-state index contributed by atoms with van der Waals surface area (Å²) in [6.07, 6.45) is 4.30. The quantitative estimate of drug-likeness (QED) is 0.577. The van der Waals surface area contributed by atoms with Gasteiger partial charge in [0.1, 0.15) is 11.5 Å². The van der Waals surface area contributed by atoms with E-state index < -0.39 is 5.97 Å². The fourth-order valence-corrected chi connectivity index (χ4v) is 5.27. The van der Waals surface area contributed by atoms with E-state index in [1.165, 1.54) is 17.7 Å². The van der Waals surface area contributed by atoms with Crippen molar-refractivity contribution < 1.29 is 19.1 Å². The van der Waals surface area contributed by atoms with E-state index in [-0.39, 0.29) is 43.1 Å². The van der Waals surface area contributed by atoms with Crippen LogP contribution in [0.15, 0.2) is 42.6 Å². The number of amides is 1. The Labute approximate surface area is 203 Å². The van der Waals surface area contributed by atoms with Crippen molar-refractivity contribution in [3.05, 3.63) is 65.2 Å². The Morgan fingerprint density at radius 1 is 1.18 bits per heavy atom. The number of carbonyl (C=O) groups is 2. The lowest BCUT2D eigenvalue weighted by atomic mass is 10.0. The Morgan fingerprint density at radius 2 is 2.03 bits per heavy atom. The van der Waals surface area contributed by atoms with Crippen molar-refractivity contribution in [1.82, 2.24) is 19.4 Å². The van der Waals surface area contributed by atoms with Gasteiger partial charge in [-0.15, -0.1) is 12.4 Å². The highest BCUT2D eigenvalue weighted by atomic mass is 35.5. The normalized spacial score (nSPS) is 18.0. The Bertz CT molecular complexity index is 1210. The van der Waals surface area contributed by atoms with Crippen molar-refractivity contribution in [2.75, 3.05) is 19.6 Å². The molecular weight excluding hydrogens is 459 g/mol. The second-order valence-corrected chi connectivity index (χ2v) is 8.95. The van der Waals surface area contributed by atoms with Crippen LogP contribution in [0.1, 0.15) is 36.1 Å². The molecule has 0 radical (unpaired) electrons. The number of hydrogen-bond donors (Lipinski definition) is 1. The van der Waals surface area contributed by atoms with E-state index in [0.717, 1.165) is 48.1 Å². The molecule has 34 heavy (non-hydrogen) atoms. The molecule has 1 aromatic carbocycles. The highest BCUT2D eigenvalue weighted by Gasteiger charge is 2.32. The molecule has 0 aliphatic carbocycles. The molecule has 3 aromatic rings. The monoisotopic (exact) mass is 486 g/mol. The van der Waals surface area contributed by atoms with Gasteiger partial charge in [-0.05, 0) is 61.2 Å². The van der Waals surface area contributed by atoms with Crippen molar-refractivity contribution in [3.8, 4) is 0 Å². The van der Waals surface area contributed by atoms with Gasteiger partial charge in [0, 0.05) is 36.4 Å². The van der Waals surface area contributed by atoms with Gasteiger partial charge in [-0.25, -0.2) is 9.37 Å². The first-order valence-electron chi connectivity index (χ1n) is 11.4. The molecule has 1 saturated heterocycles. The molecule has 180 valence electrons. The van der Waals surface area contributed by atoms with Crippen molar-refractivity contribution in [2.24, 2.45) is 0 Å². The van der Waals surface area contributed by atoms with E-state index in [1.54, 1.807) is 12.3 Å². The lowest BCUT2D eigenvalue weighted by molar-refractivity contribution is -0.139. The van der Waals surface area contributed by atoms with Crippen LogP contribution >= 0.6 is 12.4 Å². The average molecular weight is 487 g/mol. The van der Waals surface area contributed by atoms with E-state index in [0.29, 0.717) is 19.6 Å². The topological polar surface area (TPSA) is 78.7 Å². The Balaban J connectivity index is 0.00000274. The lowest BCUT2D eigenvalue weighted by Gasteiger charge is -2.31. The lowest BCUT2D eigenvalue weighted by Crippen LogP contribution is -2.44. The number of nitrogens with zero attached hydrogens (tertiary/aromatic N) is 4. The predicted octanol–water partition coefficient (Wildman–Crippen LogP) is 3.47. The summed E-state index contributed by atoms with van der Waals surface area (Å²) in [5, 5.41) is 10.2.